The number of carbonyl (C=O) groups is 4. The van der Waals surface area contributed by atoms with Crippen LogP contribution in [0.15, 0.2) is 97.1 Å². The summed E-state index contributed by atoms with van der Waals surface area (Å²) in [5.74, 6) is 1.09. The molecule has 2 atom stereocenters. The number of hydrogen-bond acceptors (Lipinski definition) is 8. The number of carbonyl (C=O) groups excluding carboxylic acids is 4. The highest BCUT2D eigenvalue weighted by atomic mass is 16.6. The topological polar surface area (TPSA) is 157 Å². The summed E-state index contributed by atoms with van der Waals surface area (Å²) in [4.78, 5) is 74.8. The van der Waals surface area contributed by atoms with Crippen LogP contribution in [0.25, 0.3) is 22.1 Å². The number of ether oxygens (including phenoxy) is 2. The van der Waals surface area contributed by atoms with E-state index in [1.807, 2.05) is 72.8 Å². The van der Waals surface area contributed by atoms with Crippen molar-refractivity contribution in [2.75, 3.05) is 39.3 Å². The van der Waals surface area contributed by atoms with E-state index < -0.39 is 24.3 Å². The number of hydrogen-bond donors (Lipinski definition) is 2. The van der Waals surface area contributed by atoms with Crippen LogP contribution in [-0.2, 0) is 45.1 Å². The Morgan fingerprint density at radius 1 is 0.569 bits per heavy atom. The molecule has 2 saturated heterocycles. The summed E-state index contributed by atoms with van der Waals surface area (Å²) in [6.07, 6.45) is 0.617. The Labute approximate surface area is 335 Å². The molecule has 14 heteroatoms. The van der Waals surface area contributed by atoms with Gasteiger partial charge in [0.1, 0.15) is 36.9 Å². The summed E-state index contributed by atoms with van der Waals surface area (Å²) in [6, 6.07) is 30.3. The van der Waals surface area contributed by atoms with Gasteiger partial charge in [0.25, 0.3) is 0 Å². The summed E-state index contributed by atoms with van der Waals surface area (Å²) in [5, 5.41) is 0. The van der Waals surface area contributed by atoms with Crippen LogP contribution in [0, 0.1) is 0 Å². The Balaban J connectivity index is 0.954. The number of piperazine rings is 2. The average Bonchev–Trinajstić information content (AvgIpc) is 3.88. The van der Waals surface area contributed by atoms with Gasteiger partial charge in [0, 0.05) is 53.1 Å². The predicted molar refractivity (Wildman–Crippen MR) is 216 cm³/mol. The van der Waals surface area contributed by atoms with Crippen molar-refractivity contribution in [3.05, 3.63) is 131 Å². The molecule has 2 aliphatic heterocycles. The molecule has 0 saturated carbocycles. The number of nitrogens with zero attached hydrogens (tertiary/aromatic N) is 6. The molecule has 4 aromatic carbocycles. The molecule has 2 unspecified atom stereocenters. The zero-order valence-corrected chi connectivity index (χ0v) is 32.6. The van der Waals surface area contributed by atoms with Crippen molar-refractivity contribution >= 4 is 46.1 Å². The molecule has 298 valence electrons. The summed E-state index contributed by atoms with van der Waals surface area (Å²) in [6.45, 7) is 5.51. The van der Waals surface area contributed by atoms with Crippen LogP contribution in [0.5, 0.6) is 0 Å². The third-order valence-electron chi connectivity index (χ3n) is 11.0. The van der Waals surface area contributed by atoms with Gasteiger partial charge in [-0.2, -0.15) is 0 Å². The Morgan fingerprint density at radius 3 is 1.38 bits per heavy atom. The van der Waals surface area contributed by atoms with Gasteiger partial charge in [-0.15, -0.1) is 0 Å². The van der Waals surface area contributed by atoms with Crippen molar-refractivity contribution in [2.45, 2.75) is 52.0 Å². The molecule has 58 heavy (non-hydrogen) atoms. The van der Waals surface area contributed by atoms with Crippen molar-refractivity contribution in [2.24, 2.45) is 0 Å². The molecular weight excluding hydrogens is 737 g/mol. The number of amides is 4. The highest BCUT2D eigenvalue weighted by Crippen LogP contribution is 2.29. The number of benzene rings is 4. The van der Waals surface area contributed by atoms with Gasteiger partial charge in [0.2, 0.25) is 11.8 Å². The lowest BCUT2D eigenvalue weighted by Crippen LogP contribution is -2.52. The summed E-state index contributed by atoms with van der Waals surface area (Å²) in [5.41, 5.74) is 7.24. The monoisotopic (exact) mass is 782 g/mol. The van der Waals surface area contributed by atoms with Crippen LogP contribution in [0.3, 0.4) is 0 Å². The fourth-order valence-corrected chi connectivity index (χ4v) is 7.72. The van der Waals surface area contributed by atoms with Gasteiger partial charge in [0.05, 0.1) is 22.1 Å². The maximum atomic E-state index is 13.3. The van der Waals surface area contributed by atoms with Crippen LogP contribution < -0.4 is 0 Å². The van der Waals surface area contributed by atoms with Gasteiger partial charge in [0.15, 0.2) is 0 Å². The fourth-order valence-electron chi connectivity index (χ4n) is 7.72. The van der Waals surface area contributed by atoms with Gasteiger partial charge in [-0.05, 0) is 59.4 Å². The molecule has 2 N–H and O–H groups in total. The second-order valence-electron chi connectivity index (χ2n) is 14.9. The molecule has 0 spiro atoms. The molecule has 14 nitrogen and oxygen atoms in total. The van der Waals surface area contributed by atoms with E-state index in [4.69, 9.17) is 19.4 Å². The molecule has 4 heterocycles. The van der Waals surface area contributed by atoms with Gasteiger partial charge >= 0.3 is 12.2 Å². The number of fused-ring (bicyclic) bond motifs is 2. The lowest BCUT2D eigenvalue weighted by molar-refractivity contribution is -0.132. The Bertz CT molecular complexity index is 2260. The third-order valence-corrected chi connectivity index (χ3v) is 11.0. The number of aromatic nitrogens is 4. The van der Waals surface area contributed by atoms with Crippen LogP contribution in [0.4, 0.5) is 9.59 Å². The summed E-state index contributed by atoms with van der Waals surface area (Å²) >= 11 is 0. The minimum Gasteiger partial charge on any atom is -0.445 e. The smallest absolute Gasteiger partial charge is 0.410 e. The van der Waals surface area contributed by atoms with Crippen LogP contribution >= 0.6 is 0 Å². The zero-order chi connectivity index (χ0) is 40.2. The number of rotatable bonds is 9. The van der Waals surface area contributed by atoms with E-state index in [1.165, 1.54) is 13.8 Å². The van der Waals surface area contributed by atoms with Crippen molar-refractivity contribution in [3.8, 4) is 0 Å². The summed E-state index contributed by atoms with van der Waals surface area (Å²) in [7, 11) is 0. The van der Waals surface area contributed by atoms with E-state index >= 15 is 0 Å². The minimum absolute atomic E-state index is 0.0555. The molecule has 2 fully saturated rings. The van der Waals surface area contributed by atoms with Gasteiger partial charge in [-0.3, -0.25) is 19.4 Å². The van der Waals surface area contributed by atoms with Crippen molar-refractivity contribution < 1.29 is 28.7 Å². The van der Waals surface area contributed by atoms with Gasteiger partial charge < -0.3 is 29.2 Å². The zero-order valence-electron chi connectivity index (χ0n) is 32.6. The van der Waals surface area contributed by atoms with Crippen LogP contribution in [0.1, 0.15) is 59.8 Å². The Hall–Kier alpha value is -6.70. The van der Waals surface area contributed by atoms with Crippen molar-refractivity contribution in [1.29, 1.82) is 0 Å². The van der Waals surface area contributed by atoms with E-state index in [2.05, 4.69) is 34.2 Å². The normalized spacial score (nSPS) is 17.1. The van der Waals surface area contributed by atoms with E-state index in [0.717, 1.165) is 57.2 Å². The molecule has 0 radical (unpaired) electrons. The molecule has 4 amide bonds. The quantitative estimate of drug-likeness (QED) is 0.173. The molecular formula is C44H46N8O6. The number of aromatic amines is 2. The van der Waals surface area contributed by atoms with Gasteiger partial charge in [-0.25, -0.2) is 19.6 Å². The first-order valence-corrected chi connectivity index (χ1v) is 19.6. The second kappa shape index (κ2) is 16.8. The Morgan fingerprint density at radius 2 is 0.983 bits per heavy atom. The lowest BCUT2D eigenvalue weighted by atomic mass is 10.0. The first-order chi connectivity index (χ1) is 28.2. The molecule has 0 bridgehead atoms. The third kappa shape index (κ3) is 8.50. The molecule has 0 aliphatic carbocycles. The molecule has 8 rings (SSSR count). The maximum Gasteiger partial charge on any atom is 0.410 e. The highest BCUT2D eigenvalue weighted by molar-refractivity contribution is 5.79. The lowest BCUT2D eigenvalue weighted by Gasteiger charge is -2.39. The predicted octanol–water partition coefficient (Wildman–Crippen LogP) is 6.31. The van der Waals surface area contributed by atoms with Crippen LogP contribution in [0.2, 0.25) is 0 Å². The largest absolute Gasteiger partial charge is 0.445 e. The van der Waals surface area contributed by atoms with Crippen molar-refractivity contribution in [3.63, 3.8) is 0 Å². The number of nitrogens with one attached hydrogen (secondary N) is 2. The van der Waals surface area contributed by atoms with E-state index in [1.54, 1.807) is 19.6 Å². The maximum absolute atomic E-state index is 13.3. The van der Waals surface area contributed by atoms with Crippen molar-refractivity contribution in [1.82, 2.24) is 39.5 Å². The van der Waals surface area contributed by atoms with Gasteiger partial charge in [-0.1, -0.05) is 72.8 Å². The second-order valence-corrected chi connectivity index (χ2v) is 14.9. The SMILES string of the molecule is CC(=O)N1CCN(C(=O)OCc2ccccc2)C(c2nc3ccc(CCc4ccc5nc(C6CN(C(C)=O)CCN6C(=O)OCc6ccccc6)[nH]c5c4)cc3[nH]2)C1. The summed E-state index contributed by atoms with van der Waals surface area (Å²) < 4.78 is 11.4. The first-order valence-electron chi connectivity index (χ1n) is 19.6. The first kappa shape index (κ1) is 38.2. The van der Waals surface area contributed by atoms with E-state index in [9.17, 15) is 19.2 Å². The Kier molecular flexibility index (Phi) is 11.1. The molecule has 2 aliphatic rings. The van der Waals surface area contributed by atoms with E-state index in [0.29, 0.717) is 50.9 Å². The van der Waals surface area contributed by atoms with E-state index in [-0.39, 0.29) is 25.0 Å². The molecule has 6 aromatic rings. The standard InChI is InChI=1S/C44H46N8O6/c1-29(53)49-19-21-51(43(55)57-27-33-9-5-3-6-10-33)39(25-49)41-45-35-17-15-31(23-37(35)47-41)13-14-32-16-18-36-38(24-32)48-42(46-36)40-26-50(30(2)54)20-22-52(40)44(56)58-28-34-11-7-4-8-12-34/h3-12,15-18,23-24,39-40H,13-14,19-22,25-28H2,1-2H3,(H,45,47)(H,46,48). The minimum atomic E-state index is -0.492. The number of imidazole rings is 2. The number of H-pyrrole nitrogens is 2. The molecule has 2 aromatic heterocycles. The van der Waals surface area contributed by atoms with Crippen LogP contribution in [-0.4, -0.2) is 103 Å². The average molecular weight is 783 g/mol. The number of aryl methyl sites for hydroxylation is 2. The highest BCUT2D eigenvalue weighted by Gasteiger charge is 2.37. The fraction of sp³-hybridized carbons (Fsp3) is 0.318.